The molecule has 0 radical (unpaired) electrons. The third-order valence-corrected chi connectivity index (χ3v) is 3.43. The van der Waals surface area contributed by atoms with E-state index >= 15 is 0 Å². The molecule has 6 heteroatoms. The van der Waals surface area contributed by atoms with Crippen molar-refractivity contribution < 1.29 is 9.53 Å². The van der Waals surface area contributed by atoms with Crippen LogP contribution in [0.1, 0.15) is 5.56 Å². The van der Waals surface area contributed by atoms with Gasteiger partial charge in [-0.1, -0.05) is 0 Å². The van der Waals surface area contributed by atoms with Gasteiger partial charge in [-0.05, 0) is 30.7 Å². The summed E-state index contributed by atoms with van der Waals surface area (Å²) in [6, 6.07) is 5.63. The fourth-order valence-electron chi connectivity index (χ4n) is 1.29. The molecule has 0 saturated carbocycles. The fourth-order valence-corrected chi connectivity index (χ4v) is 2.39. The number of hydrazine groups is 1. The van der Waals surface area contributed by atoms with E-state index in [1.807, 2.05) is 25.1 Å². The standard InChI is InChI=1S/C11H17N3O2S/c1-7-5-8(3-4-9(7)12)17-10(6-16-2)11(15)14-13/h3-5,10H,6,12-13H2,1-2H3,(H,14,15). The third kappa shape index (κ3) is 3.92. The molecule has 0 saturated heterocycles. The number of carbonyl (C=O) groups excluding carboxylic acids is 1. The number of anilines is 1. The number of benzene rings is 1. The fraction of sp³-hybridized carbons (Fsp3) is 0.364. The van der Waals surface area contributed by atoms with Gasteiger partial charge in [-0.15, -0.1) is 11.8 Å². The molecule has 0 aromatic heterocycles. The third-order valence-electron chi connectivity index (χ3n) is 2.27. The molecule has 0 aliphatic carbocycles. The van der Waals surface area contributed by atoms with Gasteiger partial charge in [0.25, 0.3) is 0 Å². The van der Waals surface area contributed by atoms with Crippen LogP contribution in [0, 0.1) is 6.92 Å². The van der Waals surface area contributed by atoms with E-state index in [0.29, 0.717) is 6.61 Å². The van der Waals surface area contributed by atoms with E-state index in [0.717, 1.165) is 16.1 Å². The number of amides is 1. The van der Waals surface area contributed by atoms with E-state index in [9.17, 15) is 4.79 Å². The van der Waals surface area contributed by atoms with Crippen molar-refractivity contribution >= 4 is 23.4 Å². The van der Waals surface area contributed by atoms with E-state index < -0.39 is 0 Å². The molecule has 1 unspecified atom stereocenters. The second-order valence-electron chi connectivity index (χ2n) is 3.59. The van der Waals surface area contributed by atoms with Crippen LogP contribution in [0.2, 0.25) is 0 Å². The summed E-state index contributed by atoms with van der Waals surface area (Å²) in [5.74, 6) is 4.86. The first-order chi connectivity index (χ1) is 8.08. The maximum absolute atomic E-state index is 11.5. The summed E-state index contributed by atoms with van der Waals surface area (Å²) in [6.07, 6.45) is 0. The van der Waals surface area contributed by atoms with Gasteiger partial charge in [-0.25, -0.2) is 5.84 Å². The average Bonchev–Trinajstić information content (AvgIpc) is 2.32. The average molecular weight is 255 g/mol. The monoisotopic (exact) mass is 255 g/mol. The van der Waals surface area contributed by atoms with Crippen molar-refractivity contribution in [1.82, 2.24) is 5.43 Å². The molecule has 1 atom stereocenters. The summed E-state index contributed by atoms with van der Waals surface area (Å²) in [5, 5.41) is -0.368. The first-order valence-electron chi connectivity index (χ1n) is 5.10. The van der Waals surface area contributed by atoms with Crippen molar-refractivity contribution in [1.29, 1.82) is 0 Å². The Balaban J connectivity index is 2.78. The first kappa shape index (κ1) is 13.8. The highest BCUT2D eigenvalue weighted by Gasteiger charge is 2.18. The molecule has 0 heterocycles. The molecule has 0 fully saturated rings. The molecule has 5 N–H and O–H groups in total. The van der Waals surface area contributed by atoms with Crippen LogP contribution in [0.4, 0.5) is 5.69 Å². The SMILES string of the molecule is COCC(Sc1ccc(N)c(C)c1)C(=O)NN. The molecule has 1 aromatic carbocycles. The molecule has 94 valence electrons. The summed E-state index contributed by atoms with van der Waals surface area (Å²) in [7, 11) is 1.55. The van der Waals surface area contributed by atoms with Gasteiger partial charge in [0.05, 0.1) is 6.61 Å². The summed E-state index contributed by atoms with van der Waals surface area (Å²) in [6.45, 7) is 2.23. The lowest BCUT2D eigenvalue weighted by Gasteiger charge is -2.14. The lowest BCUT2D eigenvalue weighted by molar-refractivity contribution is -0.121. The van der Waals surface area contributed by atoms with Gasteiger partial charge in [-0.2, -0.15) is 0 Å². The Labute approximate surface area is 105 Å². The Morgan fingerprint density at radius 2 is 2.29 bits per heavy atom. The number of nitrogens with two attached hydrogens (primary N) is 2. The number of aryl methyl sites for hydroxylation is 1. The van der Waals surface area contributed by atoms with Crippen molar-refractivity contribution in [3.05, 3.63) is 23.8 Å². The molecule has 5 nitrogen and oxygen atoms in total. The Morgan fingerprint density at radius 1 is 1.59 bits per heavy atom. The topological polar surface area (TPSA) is 90.4 Å². The summed E-state index contributed by atoms with van der Waals surface area (Å²) < 4.78 is 4.99. The number of methoxy groups -OCH3 is 1. The smallest absolute Gasteiger partial charge is 0.249 e. The van der Waals surface area contributed by atoms with E-state index in [1.165, 1.54) is 11.8 Å². The van der Waals surface area contributed by atoms with Crippen LogP contribution in [-0.2, 0) is 9.53 Å². The number of nitrogen functional groups attached to an aromatic ring is 1. The summed E-state index contributed by atoms with van der Waals surface area (Å²) in [5.41, 5.74) is 9.59. The van der Waals surface area contributed by atoms with Crippen molar-refractivity contribution in [3.63, 3.8) is 0 Å². The second kappa shape index (κ2) is 6.48. The van der Waals surface area contributed by atoms with Gasteiger partial charge in [0.1, 0.15) is 5.25 Å². The molecule has 1 rings (SSSR count). The Bertz CT molecular complexity index is 398. The number of carbonyl (C=O) groups is 1. The molecule has 17 heavy (non-hydrogen) atoms. The summed E-state index contributed by atoms with van der Waals surface area (Å²) in [4.78, 5) is 12.5. The van der Waals surface area contributed by atoms with Crippen LogP contribution in [0.3, 0.4) is 0 Å². The van der Waals surface area contributed by atoms with Gasteiger partial charge < -0.3 is 10.5 Å². The Kier molecular flexibility index (Phi) is 5.27. The molecular formula is C11H17N3O2S. The van der Waals surface area contributed by atoms with Crippen LogP contribution in [0.25, 0.3) is 0 Å². The van der Waals surface area contributed by atoms with Gasteiger partial charge in [0, 0.05) is 17.7 Å². The Morgan fingerprint density at radius 3 is 2.82 bits per heavy atom. The van der Waals surface area contributed by atoms with Gasteiger partial charge in [0.2, 0.25) is 5.91 Å². The quantitative estimate of drug-likeness (QED) is 0.236. The highest BCUT2D eigenvalue weighted by molar-refractivity contribution is 8.00. The largest absolute Gasteiger partial charge is 0.399 e. The Hall–Kier alpha value is -1.24. The van der Waals surface area contributed by atoms with E-state index in [2.05, 4.69) is 5.43 Å². The zero-order valence-corrected chi connectivity index (χ0v) is 10.7. The van der Waals surface area contributed by atoms with E-state index in [1.54, 1.807) is 7.11 Å². The van der Waals surface area contributed by atoms with Crippen molar-refractivity contribution in [3.8, 4) is 0 Å². The molecule has 0 bridgehead atoms. The van der Waals surface area contributed by atoms with Crippen LogP contribution in [0.5, 0.6) is 0 Å². The van der Waals surface area contributed by atoms with Crippen LogP contribution < -0.4 is 17.0 Å². The van der Waals surface area contributed by atoms with E-state index in [-0.39, 0.29) is 11.2 Å². The number of rotatable bonds is 5. The molecule has 1 amide bonds. The number of nitrogens with one attached hydrogen (secondary N) is 1. The zero-order chi connectivity index (χ0) is 12.8. The van der Waals surface area contributed by atoms with Crippen LogP contribution >= 0.6 is 11.8 Å². The van der Waals surface area contributed by atoms with Gasteiger partial charge in [-0.3, -0.25) is 10.2 Å². The minimum Gasteiger partial charge on any atom is -0.399 e. The van der Waals surface area contributed by atoms with E-state index in [4.69, 9.17) is 16.3 Å². The maximum atomic E-state index is 11.5. The maximum Gasteiger partial charge on any atom is 0.249 e. The lowest BCUT2D eigenvalue weighted by atomic mass is 10.2. The number of ether oxygens (including phenoxy) is 1. The number of hydrogen-bond donors (Lipinski definition) is 3. The highest BCUT2D eigenvalue weighted by Crippen LogP contribution is 2.26. The predicted octanol–water partition coefficient (Wildman–Crippen LogP) is 0.674. The predicted molar refractivity (Wildman–Crippen MR) is 69.4 cm³/mol. The minimum absolute atomic E-state index is 0.258. The second-order valence-corrected chi connectivity index (χ2v) is 4.86. The molecule has 0 aliphatic heterocycles. The first-order valence-corrected chi connectivity index (χ1v) is 5.98. The number of hydrogen-bond acceptors (Lipinski definition) is 5. The highest BCUT2D eigenvalue weighted by atomic mass is 32.2. The molecule has 1 aromatic rings. The molecule has 0 spiro atoms. The van der Waals surface area contributed by atoms with Gasteiger partial charge >= 0.3 is 0 Å². The lowest BCUT2D eigenvalue weighted by Crippen LogP contribution is -2.39. The zero-order valence-electron chi connectivity index (χ0n) is 9.90. The van der Waals surface area contributed by atoms with Crippen molar-refractivity contribution in [2.75, 3.05) is 19.5 Å². The van der Waals surface area contributed by atoms with Gasteiger partial charge in [0.15, 0.2) is 0 Å². The summed E-state index contributed by atoms with van der Waals surface area (Å²) >= 11 is 1.40. The van der Waals surface area contributed by atoms with Crippen molar-refractivity contribution in [2.24, 2.45) is 5.84 Å². The minimum atomic E-state index is -0.368. The molecule has 0 aliphatic rings. The molecular weight excluding hydrogens is 238 g/mol. The number of thioether (sulfide) groups is 1. The van der Waals surface area contributed by atoms with Crippen LogP contribution in [0.15, 0.2) is 23.1 Å². The normalized spacial score (nSPS) is 12.2. The van der Waals surface area contributed by atoms with Crippen LogP contribution in [-0.4, -0.2) is 24.9 Å². The van der Waals surface area contributed by atoms with Crippen molar-refractivity contribution in [2.45, 2.75) is 17.1 Å².